The van der Waals surface area contributed by atoms with Crippen molar-refractivity contribution in [2.24, 2.45) is 0 Å². The van der Waals surface area contributed by atoms with E-state index in [0.29, 0.717) is 55.8 Å². The van der Waals surface area contributed by atoms with Gasteiger partial charge in [-0.3, -0.25) is 9.59 Å². The van der Waals surface area contributed by atoms with Crippen molar-refractivity contribution in [3.8, 4) is 0 Å². The van der Waals surface area contributed by atoms with Gasteiger partial charge < -0.3 is 15.0 Å². The van der Waals surface area contributed by atoms with Crippen molar-refractivity contribution in [3.05, 3.63) is 65.5 Å². The van der Waals surface area contributed by atoms with Crippen molar-refractivity contribution in [2.75, 3.05) is 25.1 Å². The zero-order valence-corrected chi connectivity index (χ0v) is 16.0. The Hall–Kier alpha value is -2.73. The van der Waals surface area contributed by atoms with E-state index in [2.05, 4.69) is 5.32 Å². The first-order valence-electron chi connectivity index (χ1n) is 9.56. The first-order valence-corrected chi connectivity index (χ1v) is 9.56. The number of benzene rings is 2. The van der Waals surface area contributed by atoms with E-state index in [-0.39, 0.29) is 23.7 Å². The second-order valence-corrected chi connectivity index (χ2v) is 6.99. The Morgan fingerprint density at radius 1 is 1.18 bits per heavy atom. The molecule has 5 nitrogen and oxygen atoms in total. The summed E-state index contributed by atoms with van der Waals surface area (Å²) >= 11 is 0. The summed E-state index contributed by atoms with van der Waals surface area (Å²) < 4.78 is 18.9. The lowest BCUT2D eigenvalue weighted by Gasteiger charge is -2.33. The normalized spacial score (nSPS) is 16.6. The molecule has 3 rings (SSSR count). The van der Waals surface area contributed by atoms with Crippen molar-refractivity contribution in [1.82, 2.24) is 4.90 Å². The van der Waals surface area contributed by atoms with Crippen molar-refractivity contribution in [3.63, 3.8) is 0 Å². The molecule has 2 amide bonds. The first-order chi connectivity index (χ1) is 13.5. The molecule has 0 radical (unpaired) electrons. The number of rotatable bonds is 6. The Bertz CT molecular complexity index is 823. The van der Waals surface area contributed by atoms with Crippen LogP contribution in [-0.4, -0.2) is 42.5 Å². The number of carbonyl (C=O) groups excluding carboxylic acids is 2. The summed E-state index contributed by atoms with van der Waals surface area (Å²) in [6.07, 6.45) is 1.39. The van der Waals surface area contributed by atoms with E-state index < -0.39 is 0 Å². The van der Waals surface area contributed by atoms with Crippen LogP contribution in [0.1, 0.15) is 35.7 Å². The summed E-state index contributed by atoms with van der Waals surface area (Å²) in [6, 6.07) is 13.6. The van der Waals surface area contributed by atoms with Gasteiger partial charge in [0.05, 0.1) is 19.3 Å². The van der Waals surface area contributed by atoms with Gasteiger partial charge in [0.25, 0.3) is 5.91 Å². The van der Waals surface area contributed by atoms with E-state index in [1.807, 2.05) is 6.92 Å². The number of ether oxygens (including phenoxy) is 1. The monoisotopic (exact) mass is 384 g/mol. The first kappa shape index (κ1) is 20.0. The topological polar surface area (TPSA) is 58.6 Å². The molecule has 1 aliphatic heterocycles. The Morgan fingerprint density at radius 2 is 1.93 bits per heavy atom. The van der Waals surface area contributed by atoms with Crippen LogP contribution in [0.4, 0.5) is 10.1 Å². The second-order valence-electron chi connectivity index (χ2n) is 6.99. The number of halogens is 1. The largest absolute Gasteiger partial charge is 0.377 e. The summed E-state index contributed by atoms with van der Waals surface area (Å²) in [7, 11) is 0. The maximum Gasteiger partial charge on any atom is 0.254 e. The molecule has 1 fully saturated rings. The molecule has 6 heteroatoms. The minimum absolute atomic E-state index is 0.0291. The van der Waals surface area contributed by atoms with Crippen molar-refractivity contribution in [1.29, 1.82) is 0 Å². The third-order valence-corrected chi connectivity index (χ3v) is 4.85. The van der Waals surface area contributed by atoms with E-state index in [1.54, 1.807) is 47.4 Å². The van der Waals surface area contributed by atoms with Crippen LogP contribution in [-0.2, 0) is 16.0 Å². The average Bonchev–Trinajstić information content (AvgIpc) is 2.70. The molecule has 0 spiro atoms. The standard InChI is InChI=1S/C22H25FN2O3/c1-16-15-28-14-13-25(16)22(27)18-9-11-19(12-10-18)24-21(26)8-4-6-17-5-2-3-7-20(17)23/h2-3,5,7,9-12,16H,4,6,8,13-15H2,1H3,(H,24,26). The molecular weight excluding hydrogens is 359 g/mol. The summed E-state index contributed by atoms with van der Waals surface area (Å²) in [4.78, 5) is 26.5. The molecule has 1 N–H and O–H groups in total. The van der Waals surface area contributed by atoms with Crippen LogP contribution in [0.5, 0.6) is 0 Å². The van der Waals surface area contributed by atoms with Gasteiger partial charge in [-0.05, 0) is 55.7 Å². The summed E-state index contributed by atoms with van der Waals surface area (Å²) in [5, 5.41) is 2.82. The lowest BCUT2D eigenvalue weighted by Crippen LogP contribution is -2.47. The van der Waals surface area contributed by atoms with E-state index in [1.165, 1.54) is 6.07 Å². The van der Waals surface area contributed by atoms with E-state index >= 15 is 0 Å². The van der Waals surface area contributed by atoms with Crippen molar-refractivity contribution < 1.29 is 18.7 Å². The molecule has 2 aromatic carbocycles. The lowest BCUT2D eigenvalue weighted by molar-refractivity contribution is -0.116. The number of hydrogen-bond acceptors (Lipinski definition) is 3. The van der Waals surface area contributed by atoms with E-state index in [4.69, 9.17) is 4.74 Å². The van der Waals surface area contributed by atoms with Crippen LogP contribution in [0.2, 0.25) is 0 Å². The van der Waals surface area contributed by atoms with Gasteiger partial charge in [-0.15, -0.1) is 0 Å². The van der Waals surface area contributed by atoms with Gasteiger partial charge in [0.1, 0.15) is 5.82 Å². The highest BCUT2D eigenvalue weighted by Crippen LogP contribution is 2.16. The SMILES string of the molecule is CC1COCCN1C(=O)c1ccc(NC(=O)CCCc2ccccc2F)cc1. The van der Waals surface area contributed by atoms with Crippen LogP contribution >= 0.6 is 0 Å². The number of aryl methyl sites for hydroxylation is 1. The van der Waals surface area contributed by atoms with Gasteiger partial charge in [0, 0.05) is 24.2 Å². The second kappa shape index (κ2) is 9.46. The number of amides is 2. The highest BCUT2D eigenvalue weighted by Gasteiger charge is 2.24. The molecule has 0 bridgehead atoms. The summed E-state index contributed by atoms with van der Waals surface area (Å²) in [5.74, 6) is -0.395. The van der Waals surface area contributed by atoms with E-state index in [0.717, 1.165) is 0 Å². The van der Waals surface area contributed by atoms with Gasteiger partial charge in [-0.25, -0.2) is 4.39 Å². The molecular formula is C22H25FN2O3. The fourth-order valence-corrected chi connectivity index (χ4v) is 3.25. The predicted molar refractivity (Wildman–Crippen MR) is 106 cm³/mol. The maximum atomic E-state index is 13.6. The lowest BCUT2D eigenvalue weighted by atomic mass is 10.1. The van der Waals surface area contributed by atoms with Gasteiger partial charge in [0.2, 0.25) is 5.91 Å². The molecule has 28 heavy (non-hydrogen) atoms. The van der Waals surface area contributed by atoms with Crippen LogP contribution in [0.15, 0.2) is 48.5 Å². The molecule has 148 valence electrons. The zero-order chi connectivity index (χ0) is 19.9. The molecule has 1 saturated heterocycles. The smallest absolute Gasteiger partial charge is 0.254 e. The summed E-state index contributed by atoms with van der Waals surface area (Å²) in [6.45, 7) is 3.65. The number of nitrogens with zero attached hydrogens (tertiary/aromatic N) is 1. The average molecular weight is 384 g/mol. The third kappa shape index (κ3) is 5.16. The molecule has 0 saturated carbocycles. The van der Waals surface area contributed by atoms with Crippen LogP contribution < -0.4 is 5.32 Å². The minimum atomic E-state index is -0.238. The fourth-order valence-electron chi connectivity index (χ4n) is 3.25. The molecule has 0 aliphatic carbocycles. The van der Waals surface area contributed by atoms with Gasteiger partial charge in [-0.1, -0.05) is 18.2 Å². The molecule has 1 atom stereocenters. The van der Waals surface area contributed by atoms with Gasteiger partial charge >= 0.3 is 0 Å². The van der Waals surface area contributed by atoms with Gasteiger partial charge in [0.15, 0.2) is 0 Å². The van der Waals surface area contributed by atoms with Crippen molar-refractivity contribution in [2.45, 2.75) is 32.2 Å². The molecule has 1 unspecified atom stereocenters. The van der Waals surface area contributed by atoms with Crippen LogP contribution in [0.25, 0.3) is 0 Å². The molecule has 1 aliphatic rings. The molecule has 2 aromatic rings. The number of nitrogens with one attached hydrogen (secondary N) is 1. The zero-order valence-electron chi connectivity index (χ0n) is 16.0. The number of carbonyl (C=O) groups is 2. The number of morpholine rings is 1. The maximum absolute atomic E-state index is 13.6. The summed E-state index contributed by atoms with van der Waals surface area (Å²) in [5.41, 5.74) is 1.85. The van der Waals surface area contributed by atoms with E-state index in [9.17, 15) is 14.0 Å². The number of hydrogen-bond donors (Lipinski definition) is 1. The molecule has 0 aromatic heterocycles. The fraction of sp³-hybridized carbons (Fsp3) is 0.364. The highest BCUT2D eigenvalue weighted by atomic mass is 19.1. The Balaban J connectivity index is 1.49. The Morgan fingerprint density at radius 3 is 2.64 bits per heavy atom. The quantitative estimate of drug-likeness (QED) is 0.827. The molecule has 1 heterocycles. The predicted octanol–water partition coefficient (Wildman–Crippen LogP) is 3.65. The van der Waals surface area contributed by atoms with Crippen molar-refractivity contribution >= 4 is 17.5 Å². The van der Waals surface area contributed by atoms with Crippen LogP contribution in [0.3, 0.4) is 0 Å². The van der Waals surface area contributed by atoms with Crippen LogP contribution in [0, 0.1) is 5.82 Å². The Labute approximate surface area is 164 Å². The van der Waals surface area contributed by atoms with Gasteiger partial charge in [-0.2, -0.15) is 0 Å². The Kier molecular flexibility index (Phi) is 6.76. The third-order valence-electron chi connectivity index (χ3n) is 4.85. The highest BCUT2D eigenvalue weighted by molar-refractivity contribution is 5.96. The minimum Gasteiger partial charge on any atom is -0.377 e. The number of anilines is 1.